The van der Waals surface area contributed by atoms with Crippen LogP contribution in [0.2, 0.25) is 0 Å². The fourth-order valence-electron chi connectivity index (χ4n) is 2.42. The molecule has 1 aromatic rings. The van der Waals surface area contributed by atoms with Gasteiger partial charge in [0.15, 0.2) is 5.11 Å². The van der Waals surface area contributed by atoms with Crippen molar-refractivity contribution in [2.45, 2.75) is 71.6 Å². The Kier molecular flexibility index (Phi) is 11.7. The molecule has 0 aliphatic rings. The van der Waals surface area contributed by atoms with Crippen LogP contribution in [0, 0.1) is 0 Å². The smallest absolute Gasteiger partial charge is 0.226 e. The van der Waals surface area contributed by atoms with E-state index in [1.165, 1.54) is 25.7 Å². The zero-order chi connectivity index (χ0) is 18.3. The van der Waals surface area contributed by atoms with Crippen molar-refractivity contribution in [2.24, 2.45) is 0 Å². The Balaban J connectivity index is 2.24. The monoisotopic (exact) mass is 364 g/mol. The summed E-state index contributed by atoms with van der Waals surface area (Å²) in [6, 6.07) is 7.64. The minimum atomic E-state index is -0.0334. The molecule has 0 spiro atoms. The standard InChI is InChI=1S/C20H32N2O2S/c1-3-5-7-8-10-16-24-18-14-12-17(13-15-18)21-20(25)22-19(23)11-9-6-4-2/h12-15H,3-11,16H2,1-2H3,(H2,21,22,23,25). The van der Waals surface area contributed by atoms with Crippen LogP contribution in [0.25, 0.3) is 0 Å². The third-order valence-corrected chi connectivity index (χ3v) is 4.09. The normalized spacial score (nSPS) is 10.3. The summed E-state index contributed by atoms with van der Waals surface area (Å²) in [4.78, 5) is 11.7. The van der Waals surface area contributed by atoms with E-state index in [0.29, 0.717) is 11.5 Å². The lowest BCUT2D eigenvalue weighted by molar-refractivity contribution is -0.119. The number of amides is 1. The van der Waals surface area contributed by atoms with Gasteiger partial charge < -0.3 is 15.4 Å². The largest absolute Gasteiger partial charge is 0.494 e. The molecule has 25 heavy (non-hydrogen) atoms. The second-order valence-electron chi connectivity index (χ2n) is 6.25. The summed E-state index contributed by atoms with van der Waals surface area (Å²) in [6.07, 6.45) is 9.73. The zero-order valence-electron chi connectivity index (χ0n) is 15.6. The maximum absolute atomic E-state index is 11.7. The molecular weight excluding hydrogens is 332 g/mol. The molecule has 0 radical (unpaired) electrons. The van der Waals surface area contributed by atoms with Crippen LogP contribution in [0.15, 0.2) is 24.3 Å². The van der Waals surface area contributed by atoms with Crippen molar-refractivity contribution in [2.75, 3.05) is 11.9 Å². The lowest BCUT2D eigenvalue weighted by Gasteiger charge is -2.11. The maximum Gasteiger partial charge on any atom is 0.226 e. The molecule has 0 heterocycles. The number of anilines is 1. The number of hydrogen-bond donors (Lipinski definition) is 2. The van der Waals surface area contributed by atoms with Gasteiger partial charge in [0.25, 0.3) is 0 Å². The fourth-order valence-corrected chi connectivity index (χ4v) is 2.65. The Morgan fingerprint density at radius 1 is 0.960 bits per heavy atom. The second-order valence-corrected chi connectivity index (χ2v) is 6.65. The number of nitrogens with one attached hydrogen (secondary N) is 2. The van der Waals surface area contributed by atoms with Gasteiger partial charge in [-0.2, -0.15) is 0 Å². The first-order chi connectivity index (χ1) is 12.2. The summed E-state index contributed by atoms with van der Waals surface area (Å²) in [5, 5.41) is 6.07. The van der Waals surface area contributed by atoms with E-state index < -0.39 is 0 Å². The minimum absolute atomic E-state index is 0.0334. The molecular formula is C20H32N2O2S. The summed E-state index contributed by atoms with van der Waals surface area (Å²) in [5.41, 5.74) is 0.842. The lowest BCUT2D eigenvalue weighted by atomic mass is 10.2. The highest BCUT2D eigenvalue weighted by atomic mass is 32.1. The van der Waals surface area contributed by atoms with Crippen molar-refractivity contribution < 1.29 is 9.53 Å². The summed E-state index contributed by atoms with van der Waals surface area (Å²) in [6.45, 7) is 5.09. The van der Waals surface area contributed by atoms with Gasteiger partial charge in [-0.3, -0.25) is 4.79 Å². The molecule has 1 rings (SSSR count). The molecule has 5 heteroatoms. The third-order valence-electron chi connectivity index (χ3n) is 3.89. The maximum atomic E-state index is 11.7. The van der Waals surface area contributed by atoms with E-state index >= 15 is 0 Å². The van der Waals surface area contributed by atoms with Gasteiger partial charge >= 0.3 is 0 Å². The molecule has 1 amide bonds. The van der Waals surface area contributed by atoms with Gasteiger partial charge in [-0.05, 0) is 49.3 Å². The number of thiocarbonyl (C=S) groups is 1. The average molecular weight is 365 g/mol. The minimum Gasteiger partial charge on any atom is -0.494 e. The van der Waals surface area contributed by atoms with Crippen molar-refractivity contribution in [3.05, 3.63) is 24.3 Å². The van der Waals surface area contributed by atoms with Crippen LogP contribution in [0.1, 0.15) is 71.6 Å². The molecule has 0 aliphatic carbocycles. The van der Waals surface area contributed by atoms with Gasteiger partial charge in [0, 0.05) is 12.1 Å². The molecule has 2 N–H and O–H groups in total. The molecule has 1 aromatic carbocycles. The third kappa shape index (κ3) is 10.8. The summed E-state index contributed by atoms with van der Waals surface area (Å²) in [5.74, 6) is 0.824. The van der Waals surface area contributed by atoms with E-state index in [1.54, 1.807) is 0 Å². The Hall–Kier alpha value is -1.62. The van der Waals surface area contributed by atoms with Crippen molar-refractivity contribution >= 4 is 28.9 Å². The Labute approximate surface area is 157 Å². The van der Waals surface area contributed by atoms with Crippen LogP contribution in [0.3, 0.4) is 0 Å². The highest BCUT2D eigenvalue weighted by molar-refractivity contribution is 7.80. The molecule has 0 unspecified atom stereocenters. The first kappa shape index (κ1) is 21.4. The predicted octanol–water partition coefficient (Wildman–Crippen LogP) is 5.43. The Bertz CT molecular complexity index is 503. The molecule has 0 aliphatic heterocycles. The molecule has 0 atom stereocenters. The highest BCUT2D eigenvalue weighted by Gasteiger charge is 2.04. The van der Waals surface area contributed by atoms with E-state index in [2.05, 4.69) is 24.5 Å². The first-order valence-corrected chi connectivity index (χ1v) is 9.90. The van der Waals surface area contributed by atoms with Crippen LogP contribution in [-0.2, 0) is 4.79 Å². The van der Waals surface area contributed by atoms with E-state index in [0.717, 1.165) is 43.7 Å². The highest BCUT2D eigenvalue weighted by Crippen LogP contribution is 2.16. The molecule has 140 valence electrons. The fraction of sp³-hybridized carbons (Fsp3) is 0.600. The SMILES string of the molecule is CCCCCCCOc1ccc(NC(=S)NC(=O)CCCCC)cc1. The number of ether oxygens (including phenoxy) is 1. The van der Waals surface area contributed by atoms with Gasteiger partial charge in [-0.15, -0.1) is 0 Å². The van der Waals surface area contributed by atoms with Crippen LogP contribution in [0.4, 0.5) is 5.69 Å². The van der Waals surface area contributed by atoms with Crippen molar-refractivity contribution in [3.8, 4) is 5.75 Å². The van der Waals surface area contributed by atoms with Gasteiger partial charge in [0.1, 0.15) is 5.75 Å². The lowest BCUT2D eigenvalue weighted by Crippen LogP contribution is -2.33. The Morgan fingerprint density at radius 3 is 2.28 bits per heavy atom. The van der Waals surface area contributed by atoms with Crippen LogP contribution < -0.4 is 15.4 Å². The summed E-state index contributed by atoms with van der Waals surface area (Å²) in [7, 11) is 0. The van der Waals surface area contributed by atoms with Gasteiger partial charge in [-0.25, -0.2) is 0 Å². The van der Waals surface area contributed by atoms with Gasteiger partial charge in [-0.1, -0.05) is 52.4 Å². The van der Waals surface area contributed by atoms with E-state index in [-0.39, 0.29) is 5.91 Å². The van der Waals surface area contributed by atoms with E-state index in [4.69, 9.17) is 17.0 Å². The zero-order valence-corrected chi connectivity index (χ0v) is 16.4. The molecule has 4 nitrogen and oxygen atoms in total. The second kappa shape index (κ2) is 13.6. The van der Waals surface area contributed by atoms with Gasteiger partial charge in [0.05, 0.1) is 6.61 Å². The number of benzene rings is 1. The van der Waals surface area contributed by atoms with E-state index in [9.17, 15) is 4.79 Å². The van der Waals surface area contributed by atoms with Crippen molar-refractivity contribution in [3.63, 3.8) is 0 Å². The number of hydrogen-bond acceptors (Lipinski definition) is 3. The van der Waals surface area contributed by atoms with Crippen LogP contribution >= 0.6 is 12.2 Å². The van der Waals surface area contributed by atoms with Crippen LogP contribution in [-0.4, -0.2) is 17.6 Å². The van der Waals surface area contributed by atoms with Crippen molar-refractivity contribution in [1.82, 2.24) is 5.32 Å². The van der Waals surface area contributed by atoms with E-state index in [1.807, 2.05) is 24.3 Å². The first-order valence-electron chi connectivity index (χ1n) is 9.49. The number of carbonyl (C=O) groups excluding carboxylic acids is 1. The number of rotatable bonds is 12. The molecule has 0 fully saturated rings. The molecule has 0 saturated heterocycles. The predicted molar refractivity (Wildman–Crippen MR) is 109 cm³/mol. The molecule has 0 aromatic heterocycles. The number of unbranched alkanes of at least 4 members (excludes halogenated alkanes) is 6. The van der Waals surface area contributed by atoms with Crippen molar-refractivity contribution in [1.29, 1.82) is 0 Å². The molecule has 0 saturated carbocycles. The average Bonchev–Trinajstić information content (AvgIpc) is 2.59. The molecule has 0 bridgehead atoms. The number of carbonyl (C=O) groups is 1. The van der Waals surface area contributed by atoms with Gasteiger partial charge in [0.2, 0.25) is 5.91 Å². The quantitative estimate of drug-likeness (QED) is 0.383. The topological polar surface area (TPSA) is 50.4 Å². The summed E-state index contributed by atoms with van der Waals surface area (Å²) < 4.78 is 5.74. The van der Waals surface area contributed by atoms with Crippen LogP contribution in [0.5, 0.6) is 5.75 Å². The summed E-state index contributed by atoms with van der Waals surface area (Å²) >= 11 is 5.17. The Morgan fingerprint density at radius 2 is 1.60 bits per heavy atom.